The van der Waals surface area contributed by atoms with Gasteiger partial charge in [-0.05, 0) is 54.0 Å². The number of benzene rings is 2. The van der Waals surface area contributed by atoms with Gasteiger partial charge in [-0.25, -0.2) is 4.68 Å². The minimum atomic E-state index is -0.156. The molecular weight excluding hydrogens is 354 g/mol. The van der Waals surface area contributed by atoms with E-state index in [1.165, 1.54) is 0 Å². The zero-order valence-corrected chi connectivity index (χ0v) is 14.5. The first kappa shape index (κ1) is 15.5. The molecule has 1 N–H and O–H groups in total. The average Bonchev–Trinajstić information content (AvgIpc) is 2.84. The fourth-order valence-electron chi connectivity index (χ4n) is 2.47. The Hall–Kier alpha value is -2.40. The molecule has 1 amide bonds. The molecule has 0 unspecified atom stereocenters. The first-order valence-electron chi connectivity index (χ1n) is 7.25. The molecule has 116 valence electrons. The molecule has 5 heteroatoms. The van der Waals surface area contributed by atoms with Crippen LogP contribution in [0.5, 0.6) is 0 Å². The van der Waals surface area contributed by atoms with Crippen molar-refractivity contribution in [2.75, 3.05) is 5.32 Å². The van der Waals surface area contributed by atoms with Crippen molar-refractivity contribution in [3.8, 4) is 5.69 Å². The summed E-state index contributed by atoms with van der Waals surface area (Å²) in [6, 6.07) is 17.2. The van der Waals surface area contributed by atoms with E-state index in [2.05, 4.69) is 26.3 Å². The van der Waals surface area contributed by atoms with Gasteiger partial charge in [-0.3, -0.25) is 4.79 Å². The van der Waals surface area contributed by atoms with Crippen LogP contribution in [0.4, 0.5) is 5.69 Å². The van der Waals surface area contributed by atoms with E-state index in [1.54, 1.807) is 6.07 Å². The van der Waals surface area contributed by atoms with Gasteiger partial charge in [0.15, 0.2) is 0 Å². The van der Waals surface area contributed by atoms with Gasteiger partial charge in [-0.2, -0.15) is 5.10 Å². The maximum absolute atomic E-state index is 12.5. The number of nitrogens with zero attached hydrogens (tertiary/aromatic N) is 2. The molecular formula is C18H16BrN3O. The summed E-state index contributed by atoms with van der Waals surface area (Å²) >= 11 is 3.41. The molecule has 0 spiro atoms. The maximum Gasteiger partial charge on any atom is 0.256 e. The number of carbonyl (C=O) groups is 1. The lowest BCUT2D eigenvalue weighted by molar-refractivity contribution is 0.102. The molecule has 0 fully saturated rings. The number of para-hydroxylation sites is 1. The predicted molar refractivity (Wildman–Crippen MR) is 95.1 cm³/mol. The molecule has 0 radical (unpaired) electrons. The third-order valence-electron chi connectivity index (χ3n) is 3.65. The Bertz CT molecular complexity index is 856. The second kappa shape index (κ2) is 6.38. The summed E-state index contributed by atoms with van der Waals surface area (Å²) in [5, 5.41) is 7.51. The molecule has 0 aliphatic carbocycles. The summed E-state index contributed by atoms with van der Waals surface area (Å²) in [4.78, 5) is 12.5. The van der Waals surface area contributed by atoms with Crippen LogP contribution in [0, 0.1) is 13.8 Å². The van der Waals surface area contributed by atoms with E-state index < -0.39 is 0 Å². The molecule has 0 atom stereocenters. The van der Waals surface area contributed by atoms with Crippen LogP contribution < -0.4 is 5.32 Å². The number of nitrogens with one attached hydrogen (secondary N) is 1. The molecule has 0 saturated carbocycles. The number of anilines is 1. The topological polar surface area (TPSA) is 46.9 Å². The van der Waals surface area contributed by atoms with Crippen molar-refractivity contribution in [3.63, 3.8) is 0 Å². The van der Waals surface area contributed by atoms with E-state index in [4.69, 9.17) is 0 Å². The predicted octanol–water partition coefficient (Wildman–Crippen LogP) is 4.50. The van der Waals surface area contributed by atoms with Crippen LogP contribution in [0.15, 0.2) is 59.1 Å². The SMILES string of the molecule is Cc1nn(-c2ccccc2)c(C)c1NC(=O)c1ccccc1Br. The summed E-state index contributed by atoms with van der Waals surface area (Å²) in [5.74, 6) is -0.156. The lowest BCUT2D eigenvalue weighted by Gasteiger charge is -2.08. The van der Waals surface area contributed by atoms with Gasteiger partial charge < -0.3 is 5.32 Å². The maximum atomic E-state index is 12.5. The molecule has 0 saturated heterocycles. The molecule has 4 nitrogen and oxygen atoms in total. The average molecular weight is 370 g/mol. The fourth-order valence-corrected chi connectivity index (χ4v) is 2.94. The van der Waals surface area contributed by atoms with Gasteiger partial charge >= 0.3 is 0 Å². The molecule has 1 aromatic heterocycles. The zero-order chi connectivity index (χ0) is 16.4. The molecule has 0 aliphatic rings. The number of hydrogen-bond donors (Lipinski definition) is 1. The molecule has 0 aliphatic heterocycles. The highest BCUT2D eigenvalue weighted by Crippen LogP contribution is 2.24. The number of aryl methyl sites for hydroxylation is 1. The number of rotatable bonds is 3. The number of amides is 1. The Balaban J connectivity index is 1.94. The van der Waals surface area contributed by atoms with Crippen LogP contribution in [-0.4, -0.2) is 15.7 Å². The van der Waals surface area contributed by atoms with Crippen molar-refractivity contribution in [2.24, 2.45) is 0 Å². The second-order valence-corrected chi connectivity index (χ2v) is 6.08. The summed E-state index contributed by atoms with van der Waals surface area (Å²) in [5.41, 5.74) is 3.99. The first-order valence-corrected chi connectivity index (χ1v) is 8.04. The Morgan fingerprint density at radius 3 is 2.39 bits per heavy atom. The van der Waals surface area contributed by atoms with Crippen LogP contribution in [0.25, 0.3) is 5.69 Å². The molecule has 23 heavy (non-hydrogen) atoms. The zero-order valence-electron chi connectivity index (χ0n) is 12.9. The van der Waals surface area contributed by atoms with Crippen molar-refractivity contribution >= 4 is 27.5 Å². The Morgan fingerprint density at radius 1 is 1.04 bits per heavy atom. The lowest BCUT2D eigenvalue weighted by atomic mass is 10.2. The highest BCUT2D eigenvalue weighted by molar-refractivity contribution is 9.10. The van der Waals surface area contributed by atoms with Gasteiger partial charge in [0.1, 0.15) is 0 Å². The Labute approximate surface area is 143 Å². The Kier molecular flexibility index (Phi) is 4.30. The number of halogens is 1. The van der Waals surface area contributed by atoms with Crippen molar-refractivity contribution < 1.29 is 4.79 Å². The van der Waals surface area contributed by atoms with Crippen LogP contribution in [-0.2, 0) is 0 Å². The Morgan fingerprint density at radius 2 is 1.70 bits per heavy atom. The smallest absolute Gasteiger partial charge is 0.256 e. The van der Waals surface area contributed by atoms with E-state index in [0.717, 1.165) is 27.2 Å². The van der Waals surface area contributed by atoms with Crippen LogP contribution in [0.2, 0.25) is 0 Å². The van der Waals surface area contributed by atoms with Crippen LogP contribution >= 0.6 is 15.9 Å². The van der Waals surface area contributed by atoms with Gasteiger partial charge in [0.2, 0.25) is 0 Å². The van der Waals surface area contributed by atoms with E-state index in [-0.39, 0.29) is 5.91 Å². The van der Waals surface area contributed by atoms with Gasteiger partial charge in [0.25, 0.3) is 5.91 Å². The van der Waals surface area contributed by atoms with Crippen molar-refractivity contribution in [3.05, 3.63) is 76.0 Å². The quantitative estimate of drug-likeness (QED) is 0.738. The van der Waals surface area contributed by atoms with E-state index in [0.29, 0.717) is 5.56 Å². The summed E-state index contributed by atoms with van der Waals surface area (Å²) < 4.78 is 2.61. The highest BCUT2D eigenvalue weighted by atomic mass is 79.9. The summed E-state index contributed by atoms with van der Waals surface area (Å²) in [6.45, 7) is 3.84. The van der Waals surface area contributed by atoms with Gasteiger partial charge in [-0.15, -0.1) is 0 Å². The number of hydrogen-bond acceptors (Lipinski definition) is 2. The lowest BCUT2D eigenvalue weighted by Crippen LogP contribution is -2.13. The monoisotopic (exact) mass is 369 g/mol. The molecule has 3 aromatic rings. The summed E-state index contributed by atoms with van der Waals surface area (Å²) in [7, 11) is 0. The summed E-state index contributed by atoms with van der Waals surface area (Å²) in [6.07, 6.45) is 0. The van der Waals surface area contributed by atoms with Crippen molar-refractivity contribution in [2.45, 2.75) is 13.8 Å². The number of aromatic nitrogens is 2. The third kappa shape index (κ3) is 3.05. The van der Waals surface area contributed by atoms with Crippen molar-refractivity contribution in [1.29, 1.82) is 0 Å². The minimum absolute atomic E-state index is 0.156. The fraction of sp³-hybridized carbons (Fsp3) is 0.111. The van der Waals surface area contributed by atoms with Crippen molar-refractivity contribution in [1.82, 2.24) is 9.78 Å². The molecule has 2 aromatic carbocycles. The van der Waals surface area contributed by atoms with E-state index in [1.807, 2.05) is 67.1 Å². The standard InChI is InChI=1S/C18H16BrN3O/c1-12-17(20-18(23)15-10-6-7-11-16(15)19)13(2)22(21-12)14-8-4-3-5-9-14/h3-11H,1-2H3,(H,20,23). The number of carbonyl (C=O) groups excluding carboxylic acids is 1. The molecule has 1 heterocycles. The van der Waals surface area contributed by atoms with Crippen LogP contribution in [0.1, 0.15) is 21.7 Å². The minimum Gasteiger partial charge on any atom is -0.319 e. The van der Waals surface area contributed by atoms with E-state index in [9.17, 15) is 4.79 Å². The van der Waals surface area contributed by atoms with Gasteiger partial charge in [0, 0.05) is 4.47 Å². The first-order chi connectivity index (χ1) is 11.1. The van der Waals surface area contributed by atoms with Gasteiger partial charge in [-0.1, -0.05) is 30.3 Å². The highest BCUT2D eigenvalue weighted by Gasteiger charge is 2.17. The van der Waals surface area contributed by atoms with Gasteiger partial charge in [0.05, 0.1) is 28.3 Å². The molecule has 0 bridgehead atoms. The second-order valence-electron chi connectivity index (χ2n) is 5.23. The molecule has 3 rings (SSSR count). The van der Waals surface area contributed by atoms with E-state index >= 15 is 0 Å². The normalized spacial score (nSPS) is 10.6. The third-order valence-corrected chi connectivity index (χ3v) is 4.34. The van der Waals surface area contributed by atoms with Crippen LogP contribution in [0.3, 0.4) is 0 Å². The largest absolute Gasteiger partial charge is 0.319 e.